The van der Waals surface area contributed by atoms with Crippen LogP contribution >= 0.6 is 0 Å². The summed E-state index contributed by atoms with van der Waals surface area (Å²) >= 11 is 0. The van der Waals surface area contributed by atoms with E-state index in [4.69, 9.17) is 10.5 Å². The fraction of sp³-hybridized carbons (Fsp3) is 0.667. The van der Waals surface area contributed by atoms with Gasteiger partial charge in [0, 0.05) is 26.2 Å². The Hall–Kier alpha value is -1.61. The number of rotatable bonds is 5. The normalized spacial score (nSPS) is 17.0. The van der Waals surface area contributed by atoms with Crippen molar-refractivity contribution in [2.75, 3.05) is 49.7 Å². The molecule has 21 heavy (non-hydrogen) atoms. The van der Waals surface area contributed by atoms with Crippen LogP contribution in [0.3, 0.4) is 0 Å². The second-order valence-corrected chi connectivity index (χ2v) is 6.90. The van der Waals surface area contributed by atoms with Gasteiger partial charge in [0.05, 0.1) is 12.9 Å². The first-order valence-electron chi connectivity index (χ1n) is 6.86. The summed E-state index contributed by atoms with van der Waals surface area (Å²) in [7, 11) is -3.14. The minimum absolute atomic E-state index is 0.382. The zero-order valence-corrected chi connectivity index (χ0v) is 13.1. The molecule has 1 saturated heterocycles. The molecule has 0 radical (unpaired) electrons. The summed E-state index contributed by atoms with van der Waals surface area (Å²) < 4.78 is 29.9. The van der Waals surface area contributed by atoms with E-state index in [0.29, 0.717) is 50.2 Å². The Kier molecular flexibility index (Phi) is 4.84. The molecule has 1 aliphatic rings. The van der Waals surface area contributed by atoms with Gasteiger partial charge in [0.25, 0.3) is 0 Å². The van der Waals surface area contributed by atoms with Gasteiger partial charge in [-0.25, -0.2) is 13.4 Å². The lowest BCUT2D eigenvalue weighted by molar-refractivity contribution is 0.306. The zero-order valence-electron chi connectivity index (χ0n) is 12.3. The standard InChI is InChI=1S/C12H21N5O3S/c1-3-8-20-12-10(13)11(14-9-15-12)16-4-6-17(7-5-16)21(2,18)19/h9H,3-8,13H2,1-2H3. The van der Waals surface area contributed by atoms with Crippen LogP contribution in [0.15, 0.2) is 6.33 Å². The van der Waals surface area contributed by atoms with E-state index in [1.54, 1.807) is 0 Å². The number of ether oxygens (including phenoxy) is 1. The lowest BCUT2D eigenvalue weighted by Gasteiger charge is -2.34. The van der Waals surface area contributed by atoms with Crippen molar-refractivity contribution in [2.24, 2.45) is 0 Å². The number of anilines is 2. The predicted molar refractivity (Wildman–Crippen MR) is 80.9 cm³/mol. The Bertz CT molecular complexity index is 585. The van der Waals surface area contributed by atoms with E-state index < -0.39 is 10.0 Å². The maximum atomic E-state index is 11.5. The van der Waals surface area contributed by atoms with Gasteiger partial charge in [-0.05, 0) is 6.42 Å². The van der Waals surface area contributed by atoms with Crippen molar-refractivity contribution in [3.8, 4) is 5.88 Å². The van der Waals surface area contributed by atoms with Crippen molar-refractivity contribution in [1.82, 2.24) is 14.3 Å². The van der Waals surface area contributed by atoms with E-state index in [2.05, 4.69) is 9.97 Å². The topological polar surface area (TPSA) is 102 Å². The Labute approximate surface area is 125 Å². The van der Waals surface area contributed by atoms with Crippen LogP contribution in [0.1, 0.15) is 13.3 Å². The van der Waals surface area contributed by atoms with Crippen LogP contribution in [0.4, 0.5) is 11.5 Å². The van der Waals surface area contributed by atoms with Gasteiger partial charge in [-0.15, -0.1) is 0 Å². The van der Waals surface area contributed by atoms with Crippen LogP contribution in [-0.2, 0) is 10.0 Å². The van der Waals surface area contributed by atoms with Crippen LogP contribution in [0.25, 0.3) is 0 Å². The summed E-state index contributed by atoms with van der Waals surface area (Å²) in [6.07, 6.45) is 3.50. The molecule has 0 atom stereocenters. The van der Waals surface area contributed by atoms with E-state index in [1.807, 2.05) is 11.8 Å². The van der Waals surface area contributed by atoms with Crippen LogP contribution < -0.4 is 15.4 Å². The van der Waals surface area contributed by atoms with Crippen molar-refractivity contribution >= 4 is 21.5 Å². The molecular weight excluding hydrogens is 294 g/mol. The Balaban J connectivity index is 2.10. The largest absolute Gasteiger partial charge is 0.476 e. The molecule has 1 aromatic heterocycles. The minimum atomic E-state index is -3.14. The highest BCUT2D eigenvalue weighted by Crippen LogP contribution is 2.28. The molecular formula is C12H21N5O3S. The first-order chi connectivity index (χ1) is 9.93. The van der Waals surface area contributed by atoms with Gasteiger partial charge in [0.15, 0.2) is 5.82 Å². The molecule has 0 unspecified atom stereocenters. The van der Waals surface area contributed by atoms with Crippen LogP contribution in [0.2, 0.25) is 0 Å². The van der Waals surface area contributed by atoms with Crippen LogP contribution in [-0.4, -0.2) is 61.7 Å². The van der Waals surface area contributed by atoms with Crippen LogP contribution in [0.5, 0.6) is 5.88 Å². The molecule has 0 spiro atoms. The molecule has 1 aliphatic heterocycles. The molecule has 0 bridgehead atoms. The number of aromatic nitrogens is 2. The number of piperazine rings is 1. The van der Waals surface area contributed by atoms with E-state index in [9.17, 15) is 8.42 Å². The molecule has 2 heterocycles. The fourth-order valence-corrected chi connectivity index (χ4v) is 2.99. The second-order valence-electron chi connectivity index (χ2n) is 4.91. The van der Waals surface area contributed by atoms with Gasteiger partial charge >= 0.3 is 0 Å². The van der Waals surface area contributed by atoms with Gasteiger partial charge in [0.2, 0.25) is 15.9 Å². The summed E-state index contributed by atoms with van der Waals surface area (Å²) in [5.41, 5.74) is 6.45. The molecule has 118 valence electrons. The Morgan fingerprint density at radius 3 is 2.52 bits per heavy atom. The number of sulfonamides is 1. The second kappa shape index (κ2) is 6.44. The third kappa shape index (κ3) is 3.73. The van der Waals surface area contributed by atoms with Crippen molar-refractivity contribution in [1.29, 1.82) is 0 Å². The van der Waals surface area contributed by atoms with E-state index >= 15 is 0 Å². The number of nitrogens with two attached hydrogens (primary N) is 1. The van der Waals surface area contributed by atoms with E-state index in [-0.39, 0.29) is 0 Å². The lowest BCUT2D eigenvalue weighted by Crippen LogP contribution is -2.48. The maximum absolute atomic E-state index is 11.5. The van der Waals surface area contributed by atoms with Crippen molar-refractivity contribution in [2.45, 2.75) is 13.3 Å². The summed E-state index contributed by atoms with van der Waals surface area (Å²) in [6.45, 7) is 4.48. The minimum Gasteiger partial charge on any atom is -0.476 e. The fourth-order valence-electron chi connectivity index (χ4n) is 2.17. The highest BCUT2D eigenvalue weighted by Gasteiger charge is 2.25. The summed E-state index contributed by atoms with van der Waals surface area (Å²) in [4.78, 5) is 10.2. The highest BCUT2D eigenvalue weighted by atomic mass is 32.2. The van der Waals surface area contributed by atoms with Crippen LogP contribution in [0, 0.1) is 0 Å². The molecule has 0 amide bonds. The zero-order chi connectivity index (χ0) is 15.5. The summed E-state index contributed by atoms with van der Waals surface area (Å²) in [5, 5.41) is 0. The molecule has 2 rings (SSSR count). The molecule has 1 aromatic rings. The predicted octanol–water partition coefficient (Wildman–Crippen LogP) is -0.0708. The molecule has 8 nitrogen and oxygen atoms in total. The number of hydrogen-bond donors (Lipinski definition) is 1. The van der Waals surface area contributed by atoms with Crippen molar-refractivity contribution in [3.05, 3.63) is 6.33 Å². The third-order valence-electron chi connectivity index (χ3n) is 3.28. The highest BCUT2D eigenvalue weighted by molar-refractivity contribution is 7.88. The lowest BCUT2D eigenvalue weighted by atomic mass is 10.3. The van der Waals surface area contributed by atoms with Gasteiger partial charge in [-0.3, -0.25) is 0 Å². The molecule has 9 heteroatoms. The van der Waals surface area contributed by atoms with E-state index in [1.165, 1.54) is 16.9 Å². The first-order valence-corrected chi connectivity index (χ1v) is 8.71. The molecule has 0 saturated carbocycles. The summed E-state index contributed by atoms with van der Waals surface area (Å²) in [6, 6.07) is 0. The SMILES string of the molecule is CCCOc1ncnc(N2CCN(S(C)(=O)=O)CC2)c1N. The average molecular weight is 315 g/mol. The van der Waals surface area contributed by atoms with Gasteiger partial charge < -0.3 is 15.4 Å². The average Bonchev–Trinajstić information content (AvgIpc) is 2.45. The molecule has 1 fully saturated rings. The monoisotopic (exact) mass is 315 g/mol. The molecule has 0 aromatic carbocycles. The third-order valence-corrected chi connectivity index (χ3v) is 4.58. The van der Waals surface area contributed by atoms with E-state index in [0.717, 1.165) is 6.42 Å². The maximum Gasteiger partial charge on any atom is 0.242 e. The number of nitrogen functional groups attached to an aromatic ring is 1. The Morgan fingerprint density at radius 1 is 1.29 bits per heavy atom. The quantitative estimate of drug-likeness (QED) is 0.811. The smallest absolute Gasteiger partial charge is 0.242 e. The summed E-state index contributed by atoms with van der Waals surface area (Å²) in [5.74, 6) is 0.983. The number of hydrogen-bond acceptors (Lipinski definition) is 7. The van der Waals surface area contributed by atoms with Crippen molar-refractivity contribution < 1.29 is 13.2 Å². The Morgan fingerprint density at radius 2 is 1.95 bits per heavy atom. The van der Waals surface area contributed by atoms with Gasteiger partial charge in [0.1, 0.15) is 12.0 Å². The molecule has 0 aliphatic carbocycles. The van der Waals surface area contributed by atoms with Gasteiger partial charge in [-0.1, -0.05) is 6.92 Å². The first kappa shape index (κ1) is 15.8. The number of nitrogens with zero attached hydrogens (tertiary/aromatic N) is 4. The molecule has 2 N–H and O–H groups in total. The van der Waals surface area contributed by atoms with Gasteiger partial charge in [-0.2, -0.15) is 9.29 Å². The van der Waals surface area contributed by atoms with Crippen molar-refractivity contribution in [3.63, 3.8) is 0 Å².